The monoisotopic (exact) mass is 361 g/mol. The van der Waals surface area contributed by atoms with Crippen LogP contribution >= 0.6 is 39.1 Å². The number of amides is 1. The highest BCUT2D eigenvalue weighted by atomic mass is 79.9. The van der Waals surface area contributed by atoms with Crippen molar-refractivity contribution in [3.8, 4) is 0 Å². The van der Waals surface area contributed by atoms with Gasteiger partial charge in [0.15, 0.2) is 0 Å². The molecule has 3 rings (SSSR count). The normalized spacial score (nSPS) is 29.6. The van der Waals surface area contributed by atoms with E-state index in [0.29, 0.717) is 10.6 Å². The Bertz CT molecular complexity index is 508. The van der Waals surface area contributed by atoms with Crippen LogP contribution in [0.5, 0.6) is 0 Å². The van der Waals surface area contributed by atoms with Gasteiger partial charge >= 0.3 is 0 Å². The van der Waals surface area contributed by atoms with Crippen LogP contribution in [0.4, 0.5) is 0 Å². The Hall–Kier alpha value is -0.250. The number of carbonyl (C=O) groups is 1. The average Bonchev–Trinajstić information content (AvgIpc) is 2.64. The van der Waals surface area contributed by atoms with Crippen molar-refractivity contribution in [3.63, 3.8) is 0 Å². The summed E-state index contributed by atoms with van der Waals surface area (Å²) in [6, 6.07) is 5.97. The number of halogens is 3. The number of hydrogen-bond donors (Lipinski definition) is 0. The van der Waals surface area contributed by atoms with E-state index in [0.717, 1.165) is 30.2 Å². The van der Waals surface area contributed by atoms with Crippen LogP contribution in [-0.2, 0) is 0 Å². The Kier molecular flexibility index (Phi) is 3.80. The first kappa shape index (κ1) is 13.7. The molecule has 2 unspecified atom stereocenters. The van der Waals surface area contributed by atoms with Gasteiger partial charge in [-0.1, -0.05) is 27.5 Å². The van der Waals surface area contributed by atoms with Gasteiger partial charge in [-0.15, -0.1) is 11.6 Å². The molecular weight excluding hydrogens is 349 g/mol. The molecule has 5 heteroatoms. The molecule has 1 amide bonds. The van der Waals surface area contributed by atoms with Gasteiger partial charge in [-0.25, -0.2) is 0 Å². The zero-order valence-corrected chi connectivity index (χ0v) is 13.4. The molecule has 1 aromatic rings. The molecule has 0 radical (unpaired) electrons. The third-order valence-electron chi connectivity index (χ3n) is 4.07. The second-order valence-electron chi connectivity index (χ2n) is 5.29. The molecular formula is C14H14BrCl2NO. The Labute approximate surface area is 131 Å². The Morgan fingerprint density at radius 1 is 1.26 bits per heavy atom. The van der Waals surface area contributed by atoms with E-state index >= 15 is 0 Å². The number of nitrogens with zero attached hydrogens (tertiary/aromatic N) is 1. The lowest BCUT2D eigenvalue weighted by Gasteiger charge is -2.37. The van der Waals surface area contributed by atoms with Gasteiger partial charge in [-0.3, -0.25) is 4.79 Å². The molecule has 0 saturated carbocycles. The lowest BCUT2D eigenvalue weighted by atomic mass is 10.0. The highest BCUT2D eigenvalue weighted by Crippen LogP contribution is 2.39. The van der Waals surface area contributed by atoms with E-state index < -0.39 is 0 Å². The first-order chi connectivity index (χ1) is 9.06. The molecule has 2 bridgehead atoms. The van der Waals surface area contributed by atoms with Gasteiger partial charge in [-0.05, 0) is 43.9 Å². The predicted octanol–water partition coefficient (Wildman–Crippen LogP) is 4.48. The SMILES string of the molecule is O=C(c1cc(Br)ccc1Cl)N1C2CCC1CC(Cl)C2. The van der Waals surface area contributed by atoms with Gasteiger partial charge in [0, 0.05) is 21.9 Å². The van der Waals surface area contributed by atoms with E-state index in [4.69, 9.17) is 23.2 Å². The summed E-state index contributed by atoms with van der Waals surface area (Å²) >= 11 is 15.8. The van der Waals surface area contributed by atoms with Crippen molar-refractivity contribution in [2.45, 2.75) is 43.1 Å². The fourth-order valence-electron chi connectivity index (χ4n) is 3.24. The number of benzene rings is 1. The molecule has 2 nitrogen and oxygen atoms in total. The van der Waals surface area contributed by atoms with Gasteiger partial charge < -0.3 is 4.90 Å². The molecule has 2 aliphatic heterocycles. The van der Waals surface area contributed by atoms with Crippen LogP contribution in [0.2, 0.25) is 5.02 Å². The molecule has 2 heterocycles. The van der Waals surface area contributed by atoms with Crippen molar-refractivity contribution in [2.75, 3.05) is 0 Å². The summed E-state index contributed by atoms with van der Waals surface area (Å²) in [5, 5.41) is 0.722. The lowest BCUT2D eigenvalue weighted by Crippen LogP contribution is -2.47. The maximum Gasteiger partial charge on any atom is 0.255 e. The molecule has 19 heavy (non-hydrogen) atoms. The van der Waals surface area contributed by atoms with Gasteiger partial charge in [0.05, 0.1) is 10.6 Å². The molecule has 2 saturated heterocycles. The summed E-state index contributed by atoms with van der Waals surface area (Å²) in [6.07, 6.45) is 3.92. The topological polar surface area (TPSA) is 20.3 Å². The molecule has 2 fully saturated rings. The quantitative estimate of drug-likeness (QED) is 0.674. The van der Waals surface area contributed by atoms with Gasteiger partial charge in [0.2, 0.25) is 0 Å². The fourth-order valence-corrected chi connectivity index (χ4v) is 4.21. The van der Waals surface area contributed by atoms with Crippen LogP contribution in [0.25, 0.3) is 0 Å². The van der Waals surface area contributed by atoms with Crippen LogP contribution in [0.3, 0.4) is 0 Å². The summed E-state index contributed by atoms with van der Waals surface area (Å²) in [5.74, 6) is 0.0439. The van der Waals surface area contributed by atoms with Gasteiger partial charge in [0.25, 0.3) is 5.91 Å². The number of hydrogen-bond acceptors (Lipinski definition) is 1. The van der Waals surface area contributed by atoms with Crippen molar-refractivity contribution >= 4 is 45.0 Å². The summed E-state index contributed by atoms with van der Waals surface area (Å²) in [5.41, 5.74) is 0.584. The van der Waals surface area contributed by atoms with Crippen molar-refractivity contribution in [2.24, 2.45) is 0 Å². The van der Waals surface area contributed by atoms with Crippen molar-refractivity contribution in [1.82, 2.24) is 4.90 Å². The van der Waals surface area contributed by atoms with Crippen molar-refractivity contribution in [3.05, 3.63) is 33.3 Å². The van der Waals surface area contributed by atoms with E-state index in [2.05, 4.69) is 15.9 Å². The van der Waals surface area contributed by atoms with Gasteiger partial charge in [0.1, 0.15) is 0 Å². The van der Waals surface area contributed by atoms with E-state index in [1.165, 1.54) is 0 Å². The highest BCUT2D eigenvalue weighted by molar-refractivity contribution is 9.10. The largest absolute Gasteiger partial charge is 0.333 e. The Balaban J connectivity index is 1.90. The summed E-state index contributed by atoms with van der Waals surface area (Å²) < 4.78 is 0.875. The minimum Gasteiger partial charge on any atom is -0.333 e. The van der Waals surface area contributed by atoms with Crippen LogP contribution in [-0.4, -0.2) is 28.3 Å². The molecule has 2 atom stereocenters. The van der Waals surface area contributed by atoms with E-state index in [9.17, 15) is 4.79 Å². The smallest absolute Gasteiger partial charge is 0.255 e. The number of rotatable bonds is 1. The first-order valence-electron chi connectivity index (χ1n) is 6.48. The maximum atomic E-state index is 12.7. The molecule has 0 N–H and O–H groups in total. The number of alkyl halides is 1. The molecule has 2 aliphatic rings. The van der Waals surface area contributed by atoms with E-state index in [-0.39, 0.29) is 23.4 Å². The molecule has 102 valence electrons. The third-order valence-corrected chi connectivity index (χ3v) is 5.25. The second-order valence-corrected chi connectivity index (χ2v) is 7.23. The second kappa shape index (κ2) is 5.27. The van der Waals surface area contributed by atoms with Crippen LogP contribution in [0.15, 0.2) is 22.7 Å². The van der Waals surface area contributed by atoms with Crippen molar-refractivity contribution < 1.29 is 4.79 Å². The van der Waals surface area contributed by atoms with Crippen LogP contribution in [0.1, 0.15) is 36.0 Å². The maximum absolute atomic E-state index is 12.7. The minimum atomic E-state index is 0.0439. The Morgan fingerprint density at radius 2 is 1.89 bits per heavy atom. The number of fused-ring (bicyclic) bond motifs is 2. The predicted molar refractivity (Wildman–Crippen MR) is 81.0 cm³/mol. The number of piperidine rings is 1. The molecule has 1 aromatic carbocycles. The first-order valence-corrected chi connectivity index (χ1v) is 8.09. The fraction of sp³-hybridized carbons (Fsp3) is 0.500. The molecule has 0 aliphatic carbocycles. The highest BCUT2D eigenvalue weighted by Gasteiger charge is 2.43. The third kappa shape index (κ3) is 2.53. The van der Waals surface area contributed by atoms with Crippen LogP contribution in [0, 0.1) is 0 Å². The van der Waals surface area contributed by atoms with Crippen molar-refractivity contribution in [1.29, 1.82) is 0 Å². The molecule has 0 spiro atoms. The van der Waals surface area contributed by atoms with Crippen LogP contribution < -0.4 is 0 Å². The lowest BCUT2D eigenvalue weighted by molar-refractivity contribution is 0.0599. The van der Waals surface area contributed by atoms with Gasteiger partial charge in [-0.2, -0.15) is 0 Å². The summed E-state index contributed by atoms with van der Waals surface area (Å²) in [4.78, 5) is 14.7. The standard InChI is InChI=1S/C14H14BrCl2NO/c15-8-1-4-13(17)12(5-8)14(19)18-10-2-3-11(18)7-9(16)6-10/h1,4-5,9-11H,2-3,6-7H2. The summed E-state index contributed by atoms with van der Waals surface area (Å²) in [7, 11) is 0. The minimum absolute atomic E-state index is 0.0439. The summed E-state index contributed by atoms with van der Waals surface area (Å²) in [6.45, 7) is 0. The number of carbonyl (C=O) groups excluding carboxylic acids is 1. The zero-order chi connectivity index (χ0) is 13.6. The zero-order valence-electron chi connectivity index (χ0n) is 10.3. The Morgan fingerprint density at radius 3 is 2.53 bits per heavy atom. The van der Waals surface area contributed by atoms with E-state index in [1.54, 1.807) is 12.1 Å². The van der Waals surface area contributed by atoms with E-state index in [1.807, 2.05) is 11.0 Å². The average molecular weight is 363 g/mol. The molecule has 0 aromatic heterocycles.